The van der Waals surface area contributed by atoms with Crippen molar-refractivity contribution >= 4 is 10.8 Å². The fourth-order valence-electron chi connectivity index (χ4n) is 5.26. The number of ether oxygens (including phenoxy) is 4. The lowest BCUT2D eigenvalue weighted by atomic mass is 9.85. The first-order valence-electron chi connectivity index (χ1n) is 14.1. The van der Waals surface area contributed by atoms with Gasteiger partial charge in [-0.05, 0) is 52.6 Å². The molecule has 39 heavy (non-hydrogen) atoms. The fourth-order valence-corrected chi connectivity index (χ4v) is 5.26. The molecule has 5 heteroatoms. The third-order valence-corrected chi connectivity index (χ3v) is 7.23. The van der Waals surface area contributed by atoms with E-state index in [-0.39, 0.29) is 18.1 Å². The van der Waals surface area contributed by atoms with Crippen molar-refractivity contribution in [1.29, 1.82) is 0 Å². The van der Waals surface area contributed by atoms with Crippen molar-refractivity contribution < 1.29 is 18.9 Å². The molecule has 0 saturated carbocycles. The van der Waals surface area contributed by atoms with E-state index in [1.54, 1.807) is 0 Å². The van der Waals surface area contributed by atoms with Crippen LogP contribution < -0.4 is 10.1 Å². The first-order chi connectivity index (χ1) is 19.3. The van der Waals surface area contributed by atoms with E-state index in [9.17, 15) is 0 Å². The van der Waals surface area contributed by atoms with Gasteiger partial charge in [-0.25, -0.2) is 0 Å². The Hall–Kier alpha value is -3.22. The monoisotopic (exact) mass is 525 g/mol. The van der Waals surface area contributed by atoms with Crippen LogP contribution in [-0.4, -0.2) is 45.1 Å². The summed E-state index contributed by atoms with van der Waals surface area (Å²) in [4.78, 5) is 0. The highest BCUT2D eigenvalue weighted by Crippen LogP contribution is 2.32. The van der Waals surface area contributed by atoms with Crippen LogP contribution in [0.25, 0.3) is 10.8 Å². The standard InChI is InChI=1S/C34H39NO4/c1-2-37-32-22-35-23-33(39-25-27-13-14-28-11-6-7-12-30(28)21-27)34(32)29-15-17-31(18-16-29)38-20-8-19-36-24-26-9-4-3-5-10-26/h3-7,9-18,21,32-35H,2,8,19-20,22-25H2,1H3/t32-,33+,34+/m1/s1. The van der Waals surface area contributed by atoms with Crippen LogP contribution in [0.2, 0.25) is 0 Å². The van der Waals surface area contributed by atoms with E-state index in [1.165, 1.54) is 27.5 Å². The van der Waals surface area contributed by atoms with Gasteiger partial charge in [-0.2, -0.15) is 0 Å². The van der Waals surface area contributed by atoms with Crippen LogP contribution in [-0.2, 0) is 27.4 Å². The molecule has 1 N–H and O–H groups in total. The number of rotatable bonds is 13. The predicted octanol–water partition coefficient (Wildman–Crippen LogP) is 6.50. The number of fused-ring (bicyclic) bond motifs is 1. The van der Waals surface area contributed by atoms with Gasteiger partial charge < -0.3 is 24.3 Å². The molecule has 3 atom stereocenters. The molecule has 1 heterocycles. The fraction of sp³-hybridized carbons (Fsp3) is 0.353. The van der Waals surface area contributed by atoms with Crippen LogP contribution in [0.3, 0.4) is 0 Å². The molecule has 0 amide bonds. The molecular weight excluding hydrogens is 486 g/mol. The molecule has 1 saturated heterocycles. The zero-order valence-corrected chi connectivity index (χ0v) is 22.8. The van der Waals surface area contributed by atoms with Crippen LogP contribution in [0.4, 0.5) is 0 Å². The van der Waals surface area contributed by atoms with Crippen molar-refractivity contribution in [2.24, 2.45) is 0 Å². The van der Waals surface area contributed by atoms with Crippen molar-refractivity contribution in [1.82, 2.24) is 5.32 Å². The molecule has 1 aliphatic rings. The van der Waals surface area contributed by atoms with Gasteiger partial charge in [-0.15, -0.1) is 0 Å². The molecule has 1 fully saturated rings. The number of hydrogen-bond donors (Lipinski definition) is 1. The van der Waals surface area contributed by atoms with E-state index < -0.39 is 0 Å². The first-order valence-corrected chi connectivity index (χ1v) is 14.1. The quantitative estimate of drug-likeness (QED) is 0.202. The summed E-state index contributed by atoms with van der Waals surface area (Å²) >= 11 is 0. The molecule has 0 aliphatic carbocycles. The second-order valence-electron chi connectivity index (χ2n) is 10.0. The summed E-state index contributed by atoms with van der Waals surface area (Å²) in [6.07, 6.45) is 0.911. The summed E-state index contributed by atoms with van der Waals surface area (Å²) in [5.41, 5.74) is 3.59. The molecule has 0 bridgehead atoms. The Bertz CT molecular complexity index is 1280. The average Bonchev–Trinajstić information content (AvgIpc) is 2.99. The van der Waals surface area contributed by atoms with Crippen molar-refractivity contribution in [3.63, 3.8) is 0 Å². The van der Waals surface area contributed by atoms with Gasteiger partial charge in [0.1, 0.15) is 5.75 Å². The third-order valence-electron chi connectivity index (χ3n) is 7.23. The van der Waals surface area contributed by atoms with Crippen molar-refractivity contribution in [2.45, 2.75) is 44.7 Å². The van der Waals surface area contributed by atoms with Crippen LogP contribution in [0.1, 0.15) is 36.0 Å². The Labute approximate surface area is 232 Å². The first kappa shape index (κ1) is 27.4. The SMILES string of the molecule is CCO[C@@H]1CNC[C@H](OCc2ccc3ccccc3c2)[C@H]1c1ccc(OCCCOCc2ccccc2)cc1. The lowest BCUT2D eigenvalue weighted by Gasteiger charge is -2.38. The van der Waals surface area contributed by atoms with Gasteiger partial charge in [0.2, 0.25) is 0 Å². The summed E-state index contributed by atoms with van der Waals surface area (Å²) in [7, 11) is 0. The lowest BCUT2D eigenvalue weighted by molar-refractivity contribution is -0.0571. The van der Waals surface area contributed by atoms with Crippen LogP contribution >= 0.6 is 0 Å². The van der Waals surface area contributed by atoms with Gasteiger partial charge in [0, 0.05) is 32.0 Å². The van der Waals surface area contributed by atoms with E-state index in [4.69, 9.17) is 18.9 Å². The highest BCUT2D eigenvalue weighted by Gasteiger charge is 2.35. The maximum Gasteiger partial charge on any atom is 0.119 e. The van der Waals surface area contributed by atoms with Crippen molar-refractivity contribution in [2.75, 3.05) is 32.9 Å². The molecule has 5 rings (SSSR count). The van der Waals surface area contributed by atoms with E-state index in [0.29, 0.717) is 33.0 Å². The number of nitrogens with one attached hydrogen (secondary N) is 1. The van der Waals surface area contributed by atoms with Gasteiger partial charge in [-0.3, -0.25) is 0 Å². The molecule has 4 aromatic rings. The van der Waals surface area contributed by atoms with E-state index in [1.807, 2.05) is 18.2 Å². The molecule has 0 spiro atoms. The molecule has 0 unspecified atom stereocenters. The molecule has 0 radical (unpaired) electrons. The summed E-state index contributed by atoms with van der Waals surface area (Å²) in [6, 6.07) is 33.7. The maximum atomic E-state index is 6.54. The Kier molecular flexibility index (Phi) is 9.99. The van der Waals surface area contributed by atoms with Gasteiger partial charge in [-0.1, -0.05) is 78.9 Å². The Morgan fingerprint density at radius 1 is 0.692 bits per heavy atom. The van der Waals surface area contributed by atoms with Gasteiger partial charge in [0.15, 0.2) is 0 Å². The lowest BCUT2D eigenvalue weighted by Crippen LogP contribution is -2.50. The van der Waals surface area contributed by atoms with Gasteiger partial charge in [0.25, 0.3) is 0 Å². The van der Waals surface area contributed by atoms with Crippen molar-refractivity contribution in [3.8, 4) is 5.75 Å². The smallest absolute Gasteiger partial charge is 0.119 e. The summed E-state index contributed by atoms with van der Waals surface area (Å²) < 4.78 is 24.5. The highest BCUT2D eigenvalue weighted by atomic mass is 16.5. The minimum Gasteiger partial charge on any atom is -0.494 e. The van der Waals surface area contributed by atoms with E-state index in [2.05, 4.69) is 91.1 Å². The number of piperidine rings is 1. The molecular formula is C34H39NO4. The molecule has 204 valence electrons. The predicted molar refractivity (Wildman–Crippen MR) is 156 cm³/mol. The van der Waals surface area contributed by atoms with Crippen LogP contribution in [0.5, 0.6) is 5.75 Å². The maximum absolute atomic E-state index is 6.54. The Morgan fingerprint density at radius 3 is 2.23 bits per heavy atom. The molecule has 4 aromatic carbocycles. The summed E-state index contributed by atoms with van der Waals surface area (Å²) in [5.74, 6) is 1.02. The normalized spacial score (nSPS) is 19.3. The minimum atomic E-state index is 0.00954. The highest BCUT2D eigenvalue weighted by molar-refractivity contribution is 5.82. The molecule has 1 aliphatic heterocycles. The third kappa shape index (κ3) is 7.68. The van der Waals surface area contributed by atoms with Gasteiger partial charge >= 0.3 is 0 Å². The second kappa shape index (κ2) is 14.2. The average molecular weight is 526 g/mol. The Morgan fingerprint density at radius 2 is 1.44 bits per heavy atom. The molecule has 5 nitrogen and oxygen atoms in total. The zero-order valence-electron chi connectivity index (χ0n) is 22.8. The largest absolute Gasteiger partial charge is 0.494 e. The second-order valence-corrected chi connectivity index (χ2v) is 10.0. The number of benzene rings is 4. The topological polar surface area (TPSA) is 49.0 Å². The van der Waals surface area contributed by atoms with E-state index in [0.717, 1.165) is 25.3 Å². The minimum absolute atomic E-state index is 0.00954. The van der Waals surface area contributed by atoms with Crippen LogP contribution in [0.15, 0.2) is 97.1 Å². The van der Waals surface area contributed by atoms with Crippen molar-refractivity contribution in [3.05, 3.63) is 114 Å². The Balaban J connectivity index is 1.16. The molecule has 0 aromatic heterocycles. The summed E-state index contributed by atoms with van der Waals surface area (Å²) in [6.45, 7) is 6.84. The summed E-state index contributed by atoms with van der Waals surface area (Å²) in [5, 5.41) is 6.00. The van der Waals surface area contributed by atoms with E-state index >= 15 is 0 Å². The number of hydrogen-bond acceptors (Lipinski definition) is 5. The van der Waals surface area contributed by atoms with Gasteiger partial charge in [0.05, 0.1) is 38.6 Å². The van der Waals surface area contributed by atoms with Crippen LogP contribution in [0, 0.1) is 0 Å². The zero-order chi connectivity index (χ0) is 26.7.